The fourth-order valence-electron chi connectivity index (χ4n) is 8.25. The van der Waals surface area contributed by atoms with Gasteiger partial charge in [-0.2, -0.15) is 0 Å². The molecule has 9 atom stereocenters. The Bertz CT molecular complexity index is 733. The van der Waals surface area contributed by atoms with Gasteiger partial charge in [0.2, 0.25) is 0 Å². The number of allylic oxidation sites excluding steroid dienone is 3. The van der Waals surface area contributed by atoms with Crippen LogP contribution in [0.4, 0.5) is 0 Å². The van der Waals surface area contributed by atoms with Gasteiger partial charge in [0.1, 0.15) is 0 Å². The summed E-state index contributed by atoms with van der Waals surface area (Å²) in [5, 5.41) is 22.0. The molecule has 4 fully saturated rings. The van der Waals surface area contributed by atoms with Crippen LogP contribution in [0.5, 0.6) is 0 Å². The van der Waals surface area contributed by atoms with E-state index in [0.29, 0.717) is 35.0 Å². The largest absolute Gasteiger partial charge is 0.393 e. The Morgan fingerprint density at radius 3 is 2.35 bits per heavy atom. The minimum absolute atomic E-state index is 0.0890. The summed E-state index contributed by atoms with van der Waals surface area (Å²) in [6, 6.07) is 0. The first-order valence-corrected chi connectivity index (χ1v) is 13.2. The number of hydrogen-bond acceptors (Lipinski definition) is 2. The van der Waals surface area contributed by atoms with Crippen LogP contribution in [0.1, 0.15) is 93.4 Å². The molecule has 0 aliphatic heterocycles. The van der Waals surface area contributed by atoms with E-state index in [9.17, 15) is 10.2 Å². The lowest BCUT2D eigenvalue weighted by molar-refractivity contribution is -0.0193. The second kappa shape index (κ2) is 8.01. The molecule has 2 nitrogen and oxygen atoms in total. The molecule has 0 spiro atoms. The van der Waals surface area contributed by atoms with Gasteiger partial charge < -0.3 is 10.2 Å². The quantitative estimate of drug-likeness (QED) is 0.458. The summed E-state index contributed by atoms with van der Waals surface area (Å²) >= 11 is 0. The SMILES string of the molecule is CC(C)C(C)C=CC(C)C1CCC2C(=CC(O)C34CC3CC(O)C4(C)C)CCCC21C. The molecule has 0 bridgehead atoms. The zero-order valence-electron chi connectivity index (χ0n) is 21.2. The number of hydrogen-bond donors (Lipinski definition) is 2. The van der Waals surface area contributed by atoms with Gasteiger partial charge in [-0.15, -0.1) is 0 Å². The zero-order chi connectivity index (χ0) is 22.8. The van der Waals surface area contributed by atoms with Crippen molar-refractivity contribution < 1.29 is 10.2 Å². The molecular weight excluding hydrogens is 380 g/mol. The first-order valence-electron chi connectivity index (χ1n) is 13.2. The van der Waals surface area contributed by atoms with Gasteiger partial charge in [-0.05, 0) is 91.3 Å². The maximum Gasteiger partial charge on any atom is 0.0788 e. The Morgan fingerprint density at radius 2 is 1.74 bits per heavy atom. The molecule has 4 rings (SSSR count). The van der Waals surface area contributed by atoms with E-state index in [2.05, 4.69) is 66.7 Å². The van der Waals surface area contributed by atoms with Gasteiger partial charge in [0.05, 0.1) is 12.2 Å². The van der Waals surface area contributed by atoms with Crippen LogP contribution in [0.2, 0.25) is 0 Å². The number of aliphatic hydroxyl groups excluding tert-OH is 2. The summed E-state index contributed by atoms with van der Waals surface area (Å²) in [5.74, 6) is 3.83. The smallest absolute Gasteiger partial charge is 0.0788 e. The maximum absolute atomic E-state index is 11.4. The fraction of sp³-hybridized carbons (Fsp3) is 0.862. The van der Waals surface area contributed by atoms with Crippen LogP contribution >= 0.6 is 0 Å². The van der Waals surface area contributed by atoms with Gasteiger partial charge in [0.25, 0.3) is 0 Å². The van der Waals surface area contributed by atoms with Crippen molar-refractivity contribution in [2.24, 2.45) is 51.8 Å². The lowest BCUT2D eigenvalue weighted by Gasteiger charge is -2.44. The molecule has 0 aromatic heterocycles. The highest BCUT2D eigenvalue weighted by Crippen LogP contribution is 2.74. The van der Waals surface area contributed by atoms with E-state index in [0.717, 1.165) is 25.2 Å². The minimum Gasteiger partial charge on any atom is -0.393 e. The molecule has 2 heteroatoms. The molecule has 0 aromatic carbocycles. The van der Waals surface area contributed by atoms with Crippen molar-refractivity contribution in [1.82, 2.24) is 0 Å². The summed E-state index contributed by atoms with van der Waals surface area (Å²) < 4.78 is 0. The Hall–Kier alpha value is -0.600. The lowest BCUT2D eigenvalue weighted by atomic mass is 9.60. The van der Waals surface area contributed by atoms with Crippen molar-refractivity contribution in [3.8, 4) is 0 Å². The Balaban J connectivity index is 1.52. The van der Waals surface area contributed by atoms with Crippen LogP contribution < -0.4 is 0 Å². The van der Waals surface area contributed by atoms with Crippen LogP contribution in [-0.4, -0.2) is 22.4 Å². The van der Waals surface area contributed by atoms with E-state index < -0.39 is 6.10 Å². The topological polar surface area (TPSA) is 40.5 Å². The van der Waals surface area contributed by atoms with Crippen LogP contribution in [0.3, 0.4) is 0 Å². The summed E-state index contributed by atoms with van der Waals surface area (Å²) in [6.07, 6.45) is 14.9. The maximum atomic E-state index is 11.4. The highest BCUT2D eigenvalue weighted by molar-refractivity contribution is 5.28. The zero-order valence-corrected chi connectivity index (χ0v) is 21.2. The molecule has 0 heterocycles. The van der Waals surface area contributed by atoms with Crippen molar-refractivity contribution >= 4 is 0 Å². The Morgan fingerprint density at radius 1 is 1.03 bits per heavy atom. The lowest BCUT2D eigenvalue weighted by Crippen LogP contribution is -2.41. The Kier molecular flexibility index (Phi) is 6.09. The van der Waals surface area contributed by atoms with Gasteiger partial charge in [0.15, 0.2) is 0 Å². The molecule has 2 N–H and O–H groups in total. The van der Waals surface area contributed by atoms with Gasteiger partial charge in [-0.3, -0.25) is 0 Å². The van der Waals surface area contributed by atoms with E-state index in [1.54, 1.807) is 0 Å². The molecular formula is C29H48O2. The highest BCUT2D eigenvalue weighted by atomic mass is 16.3. The van der Waals surface area contributed by atoms with E-state index in [-0.39, 0.29) is 16.9 Å². The van der Waals surface area contributed by atoms with Crippen molar-refractivity contribution in [2.45, 2.75) is 106 Å². The third-order valence-corrected chi connectivity index (χ3v) is 11.0. The number of fused-ring (bicyclic) bond motifs is 2. The van der Waals surface area contributed by atoms with Crippen molar-refractivity contribution in [2.75, 3.05) is 0 Å². The summed E-state index contributed by atoms with van der Waals surface area (Å²) in [7, 11) is 0. The highest BCUT2D eigenvalue weighted by Gasteiger charge is 2.72. The predicted octanol–water partition coefficient (Wildman–Crippen LogP) is 6.77. The Labute approximate surface area is 191 Å². The predicted molar refractivity (Wildman–Crippen MR) is 130 cm³/mol. The fourth-order valence-corrected chi connectivity index (χ4v) is 8.25. The molecule has 0 radical (unpaired) electrons. The molecule has 176 valence electrons. The molecule has 31 heavy (non-hydrogen) atoms. The van der Waals surface area contributed by atoms with Gasteiger partial charge in [-0.1, -0.05) is 72.3 Å². The van der Waals surface area contributed by atoms with Crippen molar-refractivity contribution in [1.29, 1.82) is 0 Å². The third kappa shape index (κ3) is 3.59. The van der Waals surface area contributed by atoms with Crippen LogP contribution in [0.25, 0.3) is 0 Å². The molecule has 4 aliphatic carbocycles. The second-order valence-electron chi connectivity index (χ2n) is 13.0. The van der Waals surface area contributed by atoms with E-state index >= 15 is 0 Å². The van der Waals surface area contributed by atoms with Gasteiger partial charge in [-0.25, -0.2) is 0 Å². The molecule has 0 saturated heterocycles. The van der Waals surface area contributed by atoms with Gasteiger partial charge in [0, 0.05) is 5.41 Å². The van der Waals surface area contributed by atoms with E-state index in [4.69, 9.17) is 0 Å². The third-order valence-electron chi connectivity index (χ3n) is 11.0. The van der Waals surface area contributed by atoms with Crippen molar-refractivity contribution in [3.63, 3.8) is 0 Å². The normalized spacial score (nSPS) is 45.7. The number of rotatable bonds is 6. The standard InChI is InChI=1S/C29H48O2/c1-18(2)19(3)10-11-20(4)23-12-13-24-21(9-8-14-28(23,24)7)15-26(31)29-17-22(29)16-25(30)27(29,5)6/h10-11,15,18-20,22-26,30-31H,8-9,12-14,16-17H2,1-7H3. The summed E-state index contributed by atoms with van der Waals surface area (Å²) in [6.45, 7) is 16.3. The minimum atomic E-state index is -0.398. The number of aliphatic hydroxyl groups is 2. The first kappa shape index (κ1) is 23.6. The second-order valence-corrected chi connectivity index (χ2v) is 13.0. The summed E-state index contributed by atoms with van der Waals surface area (Å²) in [5.41, 5.74) is 1.62. The van der Waals surface area contributed by atoms with E-state index in [1.165, 1.54) is 31.3 Å². The molecule has 4 saturated carbocycles. The van der Waals surface area contributed by atoms with Crippen LogP contribution in [0, 0.1) is 51.8 Å². The monoisotopic (exact) mass is 428 g/mol. The molecule has 0 amide bonds. The van der Waals surface area contributed by atoms with Crippen molar-refractivity contribution in [3.05, 3.63) is 23.8 Å². The summed E-state index contributed by atoms with van der Waals surface area (Å²) in [4.78, 5) is 0. The van der Waals surface area contributed by atoms with Crippen LogP contribution in [-0.2, 0) is 0 Å². The average molecular weight is 429 g/mol. The first-order chi connectivity index (χ1) is 14.4. The van der Waals surface area contributed by atoms with E-state index in [1.807, 2.05) is 0 Å². The molecule has 0 aromatic rings. The average Bonchev–Trinajstić information content (AvgIpc) is 3.26. The molecule has 4 aliphatic rings. The van der Waals surface area contributed by atoms with Crippen LogP contribution in [0.15, 0.2) is 23.8 Å². The van der Waals surface area contributed by atoms with Gasteiger partial charge >= 0.3 is 0 Å². The molecule has 9 unspecified atom stereocenters.